The fourth-order valence-corrected chi connectivity index (χ4v) is 2.16. The molecule has 2 rings (SSSR count). The molecule has 0 aliphatic rings. The van der Waals surface area contributed by atoms with Gasteiger partial charge in [0.05, 0.1) is 7.11 Å². The predicted octanol–water partition coefficient (Wildman–Crippen LogP) is 3.75. The van der Waals surface area contributed by atoms with Gasteiger partial charge in [0.25, 0.3) is 0 Å². The summed E-state index contributed by atoms with van der Waals surface area (Å²) in [5.41, 5.74) is 3.95. The summed E-state index contributed by atoms with van der Waals surface area (Å²) >= 11 is 0. The van der Waals surface area contributed by atoms with Crippen LogP contribution < -0.4 is 15.4 Å². The van der Waals surface area contributed by atoms with E-state index in [1.165, 1.54) is 0 Å². The fraction of sp³-hybridized carbons (Fsp3) is 0.278. The molecule has 0 saturated carbocycles. The Kier molecular flexibility index (Phi) is 5.04. The first-order chi connectivity index (χ1) is 10.5. The number of methoxy groups -OCH3 is 1. The minimum Gasteiger partial charge on any atom is -0.497 e. The van der Waals surface area contributed by atoms with E-state index in [1.807, 2.05) is 63.2 Å². The number of aryl methyl sites for hydroxylation is 1. The molecule has 2 aromatic carbocycles. The zero-order chi connectivity index (χ0) is 16.1. The molecule has 0 aliphatic carbocycles. The van der Waals surface area contributed by atoms with Gasteiger partial charge in [-0.1, -0.05) is 18.2 Å². The van der Waals surface area contributed by atoms with Crippen molar-refractivity contribution < 1.29 is 9.53 Å². The van der Waals surface area contributed by atoms with E-state index in [0.29, 0.717) is 0 Å². The average molecular weight is 298 g/mol. The molecule has 1 atom stereocenters. The van der Waals surface area contributed by atoms with Crippen molar-refractivity contribution in [3.8, 4) is 5.75 Å². The summed E-state index contributed by atoms with van der Waals surface area (Å²) in [6.07, 6.45) is 0. The molecule has 0 bridgehead atoms. The molecule has 0 saturated heterocycles. The molecule has 2 aromatic rings. The quantitative estimate of drug-likeness (QED) is 0.884. The Morgan fingerprint density at radius 2 is 1.86 bits per heavy atom. The first-order valence-electron chi connectivity index (χ1n) is 7.29. The second kappa shape index (κ2) is 6.98. The van der Waals surface area contributed by atoms with Gasteiger partial charge in [-0.2, -0.15) is 0 Å². The van der Waals surface area contributed by atoms with Crippen LogP contribution in [0.25, 0.3) is 0 Å². The molecule has 1 amide bonds. The Labute approximate surface area is 131 Å². The number of rotatable bonds is 5. The Morgan fingerprint density at radius 1 is 1.14 bits per heavy atom. The highest BCUT2D eigenvalue weighted by molar-refractivity contribution is 5.97. The lowest BCUT2D eigenvalue weighted by molar-refractivity contribution is -0.116. The molecule has 116 valence electrons. The molecule has 0 aromatic heterocycles. The zero-order valence-electron chi connectivity index (χ0n) is 13.4. The van der Waals surface area contributed by atoms with Crippen LogP contribution in [0.2, 0.25) is 0 Å². The van der Waals surface area contributed by atoms with Crippen LogP contribution >= 0.6 is 0 Å². The molecule has 0 spiro atoms. The van der Waals surface area contributed by atoms with E-state index >= 15 is 0 Å². The third-order valence-electron chi connectivity index (χ3n) is 3.71. The molecule has 22 heavy (non-hydrogen) atoms. The molecule has 2 N–H and O–H groups in total. The monoisotopic (exact) mass is 298 g/mol. The molecule has 0 aliphatic heterocycles. The Bertz CT molecular complexity index is 668. The van der Waals surface area contributed by atoms with Gasteiger partial charge in [-0.3, -0.25) is 4.79 Å². The van der Waals surface area contributed by atoms with Gasteiger partial charge >= 0.3 is 0 Å². The summed E-state index contributed by atoms with van der Waals surface area (Å²) in [6, 6.07) is 13.1. The van der Waals surface area contributed by atoms with Gasteiger partial charge in [0.1, 0.15) is 11.8 Å². The number of carbonyl (C=O) groups excluding carboxylic acids is 1. The first kappa shape index (κ1) is 15.9. The summed E-state index contributed by atoms with van der Waals surface area (Å²) in [5.74, 6) is 0.684. The fourth-order valence-electron chi connectivity index (χ4n) is 2.16. The van der Waals surface area contributed by atoms with E-state index < -0.39 is 0 Å². The van der Waals surface area contributed by atoms with Gasteiger partial charge in [-0.05, 0) is 50.1 Å². The molecule has 4 heteroatoms. The minimum absolute atomic E-state index is 0.0727. The summed E-state index contributed by atoms with van der Waals surface area (Å²) < 4.78 is 5.18. The molecule has 4 nitrogen and oxygen atoms in total. The third-order valence-corrected chi connectivity index (χ3v) is 3.71. The second-order valence-electron chi connectivity index (χ2n) is 5.33. The lowest BCUT2D eigenvalue weighted by atomic mass is 10.1. The Hall–Kier alpha value is -2.49. The van der Waals surface area contributed by atoms with Gasteiger partial charge in [-0.25, -0.2) is 0 Å². The minimum atomic E-state index is -0.355. The van der Waals surface area contributed by atoms with Crippen molar-refractivity contribution in [2.45, 2.75) is 26.8 Å². The van der Waals surface area contributed by atoms with E-state index in [4.69, 9.17) is 4.74 Å². The number of hydrogen-bond acceptors (Lipinski definition) is 3. The summed E-state index contributed by atoms with van der Waals surface area (Å²) in [6.45, 7) is 5.87. The Balaban J connectivity index is 2.04. The van der Waals surface area contributed by atoms with Gasteiger partial charge in [0.2, 0.25) is 5.91 Å². The standard InChI is InChI=1S/C18H22N2O2/c1-12-7-5-10-17(13(12)2)20-18(21)14(3)19-15-8-6-9-16(11-15)22-4/h5-11,14,19H,1-4H3,(H,20,21). The number of hydrogen-bond donors (Lipinski definition) is 2. The SMILES string of the molecule is COc1cccc(NC(C)C(=O)Nc2cccc(C)c2C)c1. The van der Waals surface area contributed by atoms with E-state index in [2.05, 4.69) is 10.6 Å². The van der Waals surface area contributed by atoms with Crippen LogP contribution in [0.1, 0.15) is 18.1 Å². The largest absolute Gasteiger partial charge is 0.497 e. The zero-order valence-corrected chi connectivity index (χ0v) is 13.4. The molecule has 0 radical (unpaired) electrons. The van der Waals surface area contributed by atoms with Gasteiger partial charge in [0.15, 0.2) is 0 Å². The second-order valence-corrected chi connectivity index (χ2v) is 5.33. The van der Waals surface area contributed by atoms with Crippen molar-refractivity contribution in [2.24, 2.45) is 0 Å². The van der Waals surface area contributed by atoms with E-state index in [1.54, 1.807) is 7.11 Å². The van der Waals surface area contributed by atoms with Crippen LogP contribution in [0.4, 0.5) is 11.4 Å². The van der Waals surface area contributed by atoms with Crippen LogP contribution in [-0.2, 0) is 4.79 Å². The number of carbonyl (C=O) groups is 1. The van der Waals surface area contributed by atoms with Crippen molar-refractivity contribution in [1.82, 2.24) is 0 Å². The lowest BCUT2D eigenvalue weighted by Gasteiger charge is -2.17. The van der Waals surface area contributed by atoms with E-state index in [9.17, 15) is 4.79 Å². The van der Waals surface area contributed by atoms with Crippen LogP contribution in [0, 0.1) is 13.8 Å². The van der Waals surface area contributed by atoms with Gasteiger partial charge in [-0.15, -0.1) is 0 Å². The number of nitrogens with one attached hydrogen (secondary N) is 2. The van der Waals surface area contributed by atoms with Crippen LogP contribution in [0.5, 0.6) is 5.75 Å². The number of ether oxygens (including phenoxy) is 1. The van der Waals surface area contributed by atoms with Crippen molar-refractivity contribution in [3.63, 3.8) is 0 Å². The highest BCUT2D eigenvalue weighted by atomic mass is 16.5. The first-order valence-corrected chi connectivity index (χ1v) is 7.29. The van der Waals surface area contributed by atoms with Crippen LogP contribution in [-0.4, -0.2) is 19.1 Å². The highest BCUT2D eigenvalue weighted by Gasteiger charge is 2.14. The van der Waals surface area contributed by atoms with Crippen molar-refractivity contribution >= 4 is 17.3 Å². The van der Waals surface area contributed by atoms with E-state index in [-0.39, 0.29) is 11.9 Å². The van der Waals surface area contributed by atoms with Crippen LogP contribution in [0.15, 0.2) is 42.5 Å². The maximum absolute atomic E-state index is 12.3. The lowest BCUT2D eigenvalue weighted by Crippen LogP contribution is -2.32. The number of anilines is 2. The predicted molar refractivity (Wildman–Crippen MR) is 90.6 cm³/mol. The molecule has 0 heterocycles. The van der Waals surface area contributed by atoms with E-state index in [0.717, 1.165) is 28.3 Å². The highest BCUT2D eigenvalue weighted by Crippen LogP contribution is 2.20. The topological polar surface area (TPSA) is 50.4 Å². The molecule has 0 fully saturated rings. The summed E-state index contributed by atoms with van der Waals surface area (Å²) in [5, 5.41) is 6.15. The van der Waals surface area contributed by atoms with Gasteiger partial charge < -0.3 is 15.4 Å². The van der Waals surface area contributed by atoms with Crippen molar-refractivity contribution in [3.05, 3.63) is 53.6 Å². The van der Waals surface area contributed by atoms with Crippen LogP contribution in [0.3, 0.4) is 0 Å². The summed E-state index contributed by atoms with van der Waals surface area (Å²) in [4.78, 5) is 12.3. The maximum Gasteiger partial charge on any atom is 0.246 e. The third kappa shape index (κ3) is 3.79. The molecule has 1 unspecified atom stereocenters. The normalized spacial score (nSPS) is 11.6. The summed E-state index contributed by atoms with van der Waals surface area (Å²) in [7, 11) is 1.62. The smallest absolute Gasteiger partial charge is 0.246 e. The maximum atomic E-state index is 12.3. The molecular formula is C18H22N2O2. The molecular weight excluding hydrogens is 276 g/mol. The van der Waals surface area contributed by atoms with Crippen molar-refractivity contribution in [2.75, 3.05) is 17.7 Å². The van der Waals surface area contributed by atoms with Crippen molar-refractivity contribution in [1.29, 1.82) is 0 Å². The number of benzene rings is 2. The van der Waals surface area contributed by atoms with Gasteiger partial charge in [0, 0.05) is 17.4 Å². The number of amides is 1. The average Bonchev–Trinajstić information content (AvgIpc) is 2.52. The Morgan fingerprint density at radius 3 is 2.59 bits per heavy atom.